The third-order valence-corrected chi connectivity index (χ3v) is 3.32. The van der Waals surface area contributed by atoms with Crippen LogP contribution >= 0.6 is 0 Å². The lowest BCUT2D eigenvalue weighted by Crippen LogP contribution is -2.38. The minimum absolute atomic E-state index is 0.223. The lowest BCUT2D eigenvalue weighted by Gasteiger charge is -2.20. The number of amides is 1. The van der Waals surface area contributed by atoms with Crippen molar-refractivity contribution in [3.63, 3.8) is 0 Å². The zero-order valence-electron chi connectivity index (χ0n) is 11.1. The van der Waals surface area contributed by atoms with Gasteiger partial charge in [0.05, 0.1) is 12.7 Å². The quantitative estimate of drug-likeness (QED) is 0.864. The number of nitrogens with zero attached hydrogens (tertiary/aromatic N) is 3. The summed E-state index contributed by atoms with van der Waals surface area (Å²) >= 11 is 0. The molecule has 1 aliphatic rings. The summed E-state index contributed by atoms with van der Waals surface area (Å²) in [4.78, 5) is 14.0. The molecule has 0 saturated carbocycles. The first-order valence-electron chi connectivity index (χ1n) is 6.72. The number of rotatable bonds is 4. The average molecular weight is 250 g/mol. The summed E-state index contributed by atoms with van der Waals surface area (Å²) in [6, 6.07) is 0. The number of aromatic nitrogens is 2. The lowest BCUT2D eigenvalue weighted by molar-refractivity contribution is -0.130. The normalized spacial score (nSPS) is 16.6. The molecule has 1 aliphatic heterocycles. The Morgan fingerprint density at radius 3 is 2.67 bits per heavy atom. The van der Waals surface area contributed by atoms with Crippen molar-refractivity contribution in [2.45, 2.75) is 32.2 Å². The molecule has 2 heterocycles. The van der Waals surface area contributed by atoms with Gasteiger partial charge in [-0.3, -0.25) is 9.48 Å². The van der Waals surface area contributed by atoms with Crippen molar-refractivity contribution in [1.82, 2.24) is 20.0 Å². The van der Waals surface area contributed by atoms with Gasteiger partial charge in [0.15, 0.2) is 0 Å². The van der Waals surface area contributed by atoms with E-state index in [2.05, 4.69) is 10.4 Å². The van der Waals surface area contributed by atoms with E-state index in [9.17, 15) is 4.79 Å². The van der Waals surface area contributed by atoms with E-state index in [-0.39, 0.29) is 5.91 Å². The van der Waals surface area contributed by atoms with E-state index < -0.39 is 0 Å². The second-order valence-corrected chi connectivity index (χ2v) is 4.92. The topological polar surface area (TPSA) is 50.2 Å². The van der Waals surface area contributed by atoms with Crippen molar-refractivity contribution >= 4 is 5.91 Å². The molecular formula is C13H22N4O. The maximum absolute atomic E-state index is 12.0. The van der Waals surface area contributed by atoms with Crippen LogP contribution in [0.25, 0.3) is 0 Å². The molecule has 1 amide bonds. The maximum Gasteiger partial charge on any atom is 0.236 e. The van der Waals surface area contributed by atoms with Gasteiger partial charge in [0, 0.05) is 38.4 Å². The molecular weight excluding hydrogens is 228 g/mol. The van der Waals surface area contributed by atoms with Gasteiger partial charge in [-0.15, -0.1) is 0 Å². The molecule has 5 nitrogen and oxygen atoms in total. The summed E-state index contributed by atoms with van der Waals surface area (Å²) in [6.45, 7) is 2.98. The predicted molar refractivity (Wildman–Crippen MR) is 70.0 cm³/mol. The molecule has 1 fully saturated rings. The fourth-order valence-corrected chi connectivity index (χ4v) is 2.31. The molecule has 1 N–H and O–H groups in total. The van der Waals surface area contributed by atoms with Crippen LogP contribution in [-0.4, -0.2) is 40.2 Å². The average Bonchev–Trinajstić information content (AvgIpc) is 2.63. The van der Waals surface area contributed by atoms with E-state index in [1.807, 2.05) is 24.3 Å². The Balaban J connectivity index is 1.70. The fourth-order valence-electron chi connectivity index (χ4n) is 2.31. The zero-order valence-corrected chi connectivity index (χ0v) is 11.1. The van der Waals surface area contributed by atoms with Crippen LogP contribution in [0, 0.1) is 0 Å². The van der Waals surface area contributed by atoms with Crippen molar-refractivity contribution in [2.75, 3.05) is 19.6 Å². The van der Waals surface area contributed by atoms with Gasteiger partial charge >= 0.3 is 0 Å². The number of carbonyl (C=O) groups excluding carboxylic acids is 1. The molecule has 0 aromatic carbocycles. The zero-order chi connectivity index (χ0) is 12.8. The first-order chi connectivity index (χ1) is 8.75. The minimum Gasteiger partial charge on any atom is -0.342 e. The molecule has 0 bridgehead atoms. The van der Waals surface area contributed by atoms with Crippen LogP contribution in [0.15, 0.2) is 12.4 Å². The van der Waals surface area contributed by atoms with Crippen molar-refractivity contribution in [2.24, 2.45) is 7.05 Å². The summed E-state index contributed by atoms with van der Waals surface area (Å²) in [7, 11) is 1.89. The second kappa shape index (κ2) is 6.54. The first-order valence-corrected chi connectivity index (χ1v) is 6.72. The van der Waals surface area contributed by atoms with E-state index in [0.29, 0.717) is 13.1 Å². The van der Waals surface area contributed by atoms with Crippen LogP contribution in [-0.2, 0) is 18.4 Å². The fraction of sp³-hybridized carbons (Fsp3) is 0.692. The third kappa shape index (κ3) is 3.84. The number of aryl methyl sites for hydroxylation is 1. The minimum atomic E-state index is 0.223. The molecule has 18 heavy (non-hydrogen) atoms. The summed E-state index contributed by atoms with van der Waals surface area (Å²) in [5.74, 6) is 0.223. The van der Waals surface area contributed by atoms with E-state index in [0.717, 1.165) is 31.5 Å². The molecule has 1 aromatic rings. The van der Waals surface area contributed by atoms with Crippen molar-refractivity contribution in [3.05, 3.63) is 18.0 Å². The molecule has 100 valence electrons. The van der Waals surface area contributed by atoms with Crippen LogP contribution in [0.2, 0.25) is 0 Å². The second-order valence-electron chi connectivity index (χ2n) is 4.92. The molecule has 1 saturated heterocycles. The number of hydrogen-bond donors (Lipinski definition) is 1. The number of carbonyl (C=O) groups is 1. The third-order valence-electron chi connectivity index (χ3n) is 3.32. The number of likely N-dealkylation sites (tertiary alicyclic amines) is 1. The molecule has 2 rings (SSSR count). The van der Waals surface area contributed by atoms with Gasteiger partial charge in [0.25, 0.3) is 0 Å². The van der Waals surface area contributed by atoms with E-state index >= 15 is 0 Å². The molecule has 0 unspecified atom stereocenters. The molecule has 0 spiro atoms. The summed E-state index contributed by atoms with van der Waals surface area (Å²) in [5, 5.41) is 7.29. The van der Waals surface area contributed by atoms with Crippen molar-refractivity contribution < 1.29 is 4.79 Å². The van der Waals surface area contributed by atoms with Gasteiger partial charge < -0.3 is 10.2 Å². The standard InChI is InChI=1S/C13H22N4O/c1-16-11-12(9-15-16)8-14-10-13(18)17-6-4-2-3-5-7-17/h9,11,14H,2-8,10H2,1H3. The van der Waals surface area contributed by atoms with Gasteiger partial charge in [0.2, 0.25) is 5.91 Å². The molecule has 0 atom stereocenters. The predicted octanol–water partition coefficient (Wildman–Crippen LogP) is 0.912. The van der Waals surface area contributed by atoms with Crippen LogP contribution in [0.4, 0.5) is 0 Å². The Kier molecular flexibility index (Phi) is 4.75. The number of nitrogens with one attached hydrogen (secondary N) is 1. The molecule has 0 radical (unpaired) electrons. The van der Waals surface area contributed by atoms with Crippen molar-refractivity contribution in [1.29, 1.82) is 0 Å². The Hall–Kier alpha value is -1.36. The Morgan fingerprint density at radius 2 is 2.06 bits per heavy atom. The molecule has 0 aliphatic carbocycles. The van der Waals surface area contributed by atoms with E-state index in [1.165, 1.54) is 12.8 Å². The van der Waals surface area contributed by atoms with Gasteiger partial charge in [-0.25, -0.2) is 0 Å². The van der Waals surface area contributed by atoms with Gasteiger partial charge in [-0.05, 0) is 12.8 Å². The first kappa shape index (κ1) is 13.1. The van der Waals surface area contributed by atoms with Crippen LogP contribution in [0.1, 0.15) is 31.2 Å². The largest absolute Gasteiger partial charge is 0.342 e. The highest BCUT2D eigenvalue weighted by atomic mass is 16.2. The Morgan fingerprint density at radius 1 is 1.33 bits per heavy atom. The SMILES string of the molecule is Cn1cc(CNCC(=O)N2CCCCCC2)cn1. The monoisotopic (exact) mass is 250 g/mol. The molecule has 5 heteroatoms. The number of hydrogen-bond acceptors (Lipinski definition) is 3. The van der Waals surface area contributed by atoms with Crippen LogP contribution in [0.5, 0.6) is 0 Å². The van der Waals surface area contributed by atoms with Crippen LogP contribution in [0.3, 0.4) is 0 Å². The summed E-state index contributed by atoms with van der Waals surface area (Å²) in [5.41, 5.74) is 1.11. The highest BCUT2D eigenvalue weighted by Gasteiger charge is 2.14. The Labute approximate surface area is 108 Å². The smallest absolute Gasteiger partial charge is 0.236 e. The summed E-state index contributed by atoms with van der Waals surface area (Å²) < 4.78 is 1.77. The highest BCUT2D eigenvalue weighted by Crippen LogP contribution is 2.09. The van der Waals surface area contributed by atoms with Gasteiger partial charge in [-0.2, -0.15) is 5.10 Å². The van der Waals surface area contributed by atoms with Gasteiger partial charge in [-0.1, -0.05) is 12.8 Å². The Bertz CT molecular complexity index is 380. The lowest BCUT2D eigenvalue weighted by atomic mass is 10.2. The van der Waals surface area contributed by atoms with Crippen molar-refractivity contribution in [3.8, 4) is 0 Å². The molecule has 1 aromatic heterocycles. The van der Waals surface area contributed by atoms with Crippen LogP contribution < -0.4 is 5.32 Å². The van der Waals surface area contributed by atoms with E-state index in [4.69, 9.17) is 0 Å². The van der Waals surface area contributed by atoms with Gasteiger partial charge in [0.1, 0.15) is 0 Å². The highest BCUT2D eigenvalue weighted by molar-refractivity contribution is 5.78. The summed E-state index contributed by atoms with van der Waals surface area (Å²) in [6.07, 6.45) is 8.59. The maximum atomic E-state index is 12.0. The van der Waals surface area contributed by atoms with E-state index in [1.54, 1.807) is 4.68 Å².